The van der Waals surface area contributed by atoms with Crippen LogP contribution in [0.1, 0.15) is 25.7 Å². The zero-order valence-corrected chi connectivity index (χ0v) is 13.3. The zero-order valence-electron chi connectivity index (χ0n) is 12.4. The quantitative estimate of drug-likeness (QED) is 0.642. The lowest BCUT2D eigenvalue weighted by molar-refractivity contribution is -0.384. The van der Waals surface area contributed by atoms with E-state index in [2.05, 4.69) is 4.72 Å². The number of nitrogens with one attached hydrogen (secondary N) is 1. The summed E-state index contributed by atoms with van der Waals surface area (Å²) in [6, 6.07) is 4.75. The topological polar surface area (TPSA) is 108 Å². The molecular weight excluding hydrogens is 324 g/mol. The van der Waals surface area contributed by atoms with Gasteiger partial charge in [0.2, 0.25) is 10.0 Å². The van der Waals surface area contributed by atoms with Crippen molar-refractivity contribution in [2.45, 2.75) is 42.5 Å². The molecule has 1 atom stereocenters. The maximum absolute atomic E-state index is 12.2. The van der Waals surface area contributed by atoms with Crippen LogP contribution >= 0.6 is 0 Å². The van der Waals surface area contributed by atoms with E-state index < -0.39 is 20.7 Å². The third kappa shape index (κ3) is 3.52. The summed E-state index contributed by atoms with van der Waals surface area (Å²) in [4.78, 5) is 10.0. The number of nitro benzene ring substituents is 1. The van der Waals surface area contributed by atoms with Crippen LogP contribution < -0.4 is 4.72 Å². The Balaban J connectivity index is 1.59. The van der Waals surface area contributed by atoms with Crippen LogP contribution in [0.25, 0.3) is 0 Å². The van der Waals surface area contributed by atoms with Gasteiger partial charge in [0.15, 0.2) is 5.79 Å². The van der Waals surface area contributed by atoms with Crippen molar-refractivity contribution in [2.24, 2.45) is 0 Å². The predicted octanol–water partition coefficient (Wildman–Crippen LogP) is 1.56. The van der Waals surface area contributed by atoms with Gasteiger partial charge in [0.1, 0.15) is 0 Å². The van der Waals surface area contributed by atoms with Gasteiger partial charge in [-0.25, -0.2) is 13.1 Å². The smallest absolute Gasteiger partial charge is 0.269 e. The van der Waals surface area contributed by atoms with Crippen molar-refractivity contribution in [2.75, 3.05) is 13.2 Å². The minimum atomic E-state index is -3.73. The number of rotatable bonds is 5. The maximum atomic E-state index is 12.2. The summed E-state index contributed by atoms with van der Waals surface area (Å²) in [5, 5.41) is 10.6. The number of nitro groups is 1. The molecule has 0 bridgehead atoms. The molecule has 0 amide bonds. The molecule has 8 nitrogen and oxygen atoms in total. The van der Waals surface area contributed by atoms with Gasteiger partial charge in [-0.1, -0.05) is 0 Å². The summed E-state index contributed by atoms with van der Waals surface area (Å²) >= 11 is 0. The number of sulfonamides is 1. The van der Waals surface area contributed by atoms with Gasteiger partial charge in [0, 0.05) is 31.5 Å². The molecule has 2 aliphatic rings. The minimum absolute atomic E-state index is 0.0161. The summed E-state index contributed by atoms with van der Waals surface area (Å²) in [5.74, 6) is -0.524. The normalized spacial score (nSPS) is 23.4. The van der Waals surface area contributed by atoms with E-state index in [9.17, 15) is 18.5 Å². The Morgan fingerprint density at radius 3 is 2.52 bits per heavy atom. The third-order valence-corrected chi connectivity index (χ3v) is 5.58. The Morgan fingerprint density at radius 1 is 1.26 bits per heavy atom. The second-order valence-corrected chi connectivity index (χ2v) is 7.54. The average molecular weight is 342 g/mol. The molecule has 3 rings (SSSR count). The Bertz CT molecular complexity index is 682. The van der Waals surface area contributed by atoms with E-state index >= 15 is 0 Å². The van der Waals surface area contributed by atoms with Crippen LogP contribution in [-0.2, 0) is 19.5 Å². The van der Waals surface area contributed by atoms with Crippen LogP contribution in [0, 0.1) is 10.1 Å². The first kappa shape index (κ1) is 16.3. The molecule has 0 radical (unpaired) electrons. The second-order valence-electron chi connectivity index (χ2n) is 5.77. The van der Waals surface area contributed by atoms with E-state index in [4.69, 9.17) is 9.47 Å². The standard InChI is InChI=1S/C14H18N2O6S/c17-16(18)11-3-5-13(6-4-11)23(19,20)15-9-12-10-21-14(22-12)7-1-2-8-14/h3-6,12,15H,1-2,7-10H2/t12-/m1/s1. The lowest BCUT2D eigenvalue weighted by atomic mass is 10.2. The van der Waals surface area contributed by atoms with Gasteiger partial charge in [0.05, 0.1) is 22.5 Å². The monoisotopic (exact) mass is 342 g/mol. The van der Waals surface area contributed by atoms with Crippen LogP contribution in [0.3, 0.4) is 0 Å². The Hall–Kier alpha value is -1.55. The van der Waals surface area contributed by atoms with Gasteiger partial charge in [0.25, 0.3) is 5.69 Å². The third-order valence-electron chi connectivity index (χ3n) is 4.14. The first-order valence-corrected chi connectivity index (χ1v) is 8.94. The SMILES string of the molecule is O=[N+]([O-])c1ccc(S(=O)(=O)NC[C@@H]2COC3(CCCC3)O2)cc1. The molecule has 1 spiro atoms. The summed E-state index contributed by atoms with van der Waals surface area (Å²) in [6.07, 6.45) is 3.49. The van der Waals surface area contributed by atoms with Crippen molar-refractivity contribution >= 4 is 15.7 Å². The van der Waals surface area contributed by atoms with Gasteiger partial charge in [-0.3, -0.25) is 10.1 Å². The summed E-state index contributed by atoms with van der Waals surface area (Å²) < 4.78 is 38.4. The first-order chi connectivity index (χ1) is 10.9. The molecule has 126 valence electrons. The van der Waals surface area contributed by atoms with E-state index in [1.54, 1.807) is 0 Å². The number of non-ortho nitro benzene ring substituents is 1. The average Bonchev–Trinajstić information content (AvgIpc) is 3.16. The highest BCUT2D eigenvalue weighted by Gasteiger charge is 2.43. The van der Waals surface area contributed by atoms with Crippen molar-refractivity contribution in [1.82, 2.24) is 4.72 Å². The van der Waals surface area contributed by atoms with Crippen molar-refractivity contribution in [3.05, 3.63) is 34.4 Å². The molecule has 9 heteroatoms. The van der Waals surface area contributed by atoms with Crippen LogP contribution in [0.2, 0.25) is 0 Å². The number of benzene rings is 1. The number of hydrogen-bond donors (Lipinski definition) is 1. The van der Waals surface area contributed by atoms with E-state index in [1.807, 2.05) is 0 Å². The molecule has 23 heavy (non-hydrogen) atoms. The fraction of sp³-hybridized carbons (Fsp3) is 0.571. The molecule has 1 aromatic rings. The Labute approximate surface area is 134 Å². The molecule has 0 unspecified atom stereocenters. The van der Waals surface area contributed by atoms with E-state index in [-0.39, 0.29) is 23.2 Å². The second kappa shape index (κ2) is 6.16. The fourth-order valence-corrected chi connectivity index (χ4v) is 3.99. The highest BCUT2D eigenvalue weighted by Crippen LogP contribution is 2.39. The van der Waals surface area contributed by atoms with Gasteiger partial charge in [-0.2, -0.15) is 0 Å². The molecule has 1 aliphatic heterocycles. The van der Waals surface area contributed by atoms with Gasteiger partial charge >= 0.3 is 0 Å². The van der Waals surface area contributed by atoms with Gasteiger partial charge in [-0.05, 0) is 25.0 Å². The summed E-state index contributed by atoms with van der Waals surface area (Å²) in [7, 11) is -3.73. The molecular formula is C14H18N2O6S. The fourth-order valence-electron chi connectivity index (χ4n) is 2.93. The Kier molecular flexibility index (Phi) is 4.37. The molecule has 1 N–H and O–H groups in total. The van der Waals surface area contributed by atoms with E-state index in [0.717, 1.165) is 37.8 Å². The molecule has 1 saturated heterocycles. The van der Waals surface area contributed by atoms with Crippen molar-refractivity contribution < 1.29 is 22.8 Å². The highest BCUT2D eigenvalue weighted by molar-refractivity contribution is 7.89. The molecule has 2 fully saturated rings. The largest absolute Gasteiger partial charge is 0.347 e. The summed E-state index contributed by atoms with van der Waals surface area (Å²) in [5.41, 5.74) is -0.153. The molecule has 1 saturated carbocycles. The van der Waals surface area contributed by atoms with Crippen LogP contribution in [0.15, 0.2) is 29.2 Å². The maximum Gasteiger partial charge on any atom is 0.269 e. The van der Waals surface area contributed by atoms with Crippen molar-refractivity contribution in [3.63, 3.8) is 0 Å². The Morgan fingerprint density at radius 2 is 1.91 bits per heavy atom. The molecule has 0 aromatic heterocycles. The summed E-state index contributed by atoms with van der Waals surface area (Å²) in [6.45, 7) is 0.476. The number of ether oxygens (including phenoxy) is 2. The molecule has 1 aromatic carbocycles. The van der Waals surface area contributed by atoms with E-state index in [1.165, 1.54) is 12.1 Å². The lowest BCUT2D eigenvalue weighted by Crippen LogP contribution is -2.35. The van der Waals surface area contributed by atoms with Crippen LogP contribution in [-0.4, -0.2) is 38.4 Å². The van der Waals surface area contributed by atoms with Crippen molar-refractivity contribution in [1.29, 1.82) is 0 Å². The van der Waals surface area contributed by atoms with Crippen LogP contribution in [0.5, 0.6) is 0 Å². The van der Waals surface area contributed by atoms with E-state index in [0.29, 0.717) is 6.61 Å². The number of hydrogen-bond acceptors (Lipinski definition) is 6. The molecule has 1 aliphatic carbocycles. The molecule has 1 heterocycles. The number of nitrogens with zero attached hydrogens (tertiary/aromatic N) is 1. The van der Waals surface area contributed by atoms with Gasteiger partial charge in [-0.15, -0.1) is 0 Å². The predicted molar refractivity (Wildman–Crippen MR) is 80.3 cm³/mol. The van der Waals surface area contributed by atoms with Crippen molar-refractivity contribution in [3.8, 4) is 0 Å². The van der Waals surface area contributed by atoms with Gasteiger partial charge < -0.3 is 9.47 Å². The zero-order chi connectivity index (χ0) is 16.5. The minimum Gasteiger partial charge on any atom is -0.347 e. The first-order valence-electron chi connectivity index (χ1n) is 7.46. The highest BCUT2D eigenvalue weighted by atomic mass is 32.2. The lowest BCUT2D eigenvalue weighted by Gasteiger charge is -2.21. The van der Waals surface area contributed by atoms with Crippen LogP contribution in [0.4, 0.5) is 5.69 Å².